The largest absolute Gasteiger partial charge is 0.493 e. The molecule has 0 N–H and O–H groups in total. The Morgan fingerprint density at radius 2 is 1.57 bits per heavy atom. The fraction of sp³-hybridized carbons (Fsp3) is 0.200. The molecule has 2 nitrogen and oxygen atoms in total. The summed E-state index contributed by atoms with van der Waals surface area (Å²) in [5.41, 5.74) is 1.89. The second-order valence-corrected chi connectivity index (χ2v) is 6.89. The molecule has 21 heavy (non-hydrogen) atoms. The van der Waals surface area contributed by atoms with Crippen LogP contribution in [0.25, 0.3) is 0 Å². The molecule has 0 aliphatic heterocycles. The third-order valence-electron chi connectivity index (χ3n) is 3.01. The maximum atomic E-state index is 13.4. The summed E-state index contributed by atoms with van der Waals surface area (Å²) in [6.45, 7) is 0. The van der Waals surface area contributed by atoms with Crippen LogP contribution in [0.3, 0.4) is 0 Å². The van der Waals surface area contributed by atoms with Gasteiger partial charge in [-0.15, -0.1) is 0 Å². The molecule has 2 aromatic carbocycles. The first-order chi connectivity index (χ1) is 9.97. The summed E-state index contributed by atoms with van der Waals surface area (Å²) in [6.07, 6.45) is 0. The summed E-state index contributed by atoms with van der Waals surface area (Å²) >= 11 is 10.4. The van der Waals surface area contributed by atoms with E-state index in [4.69, 9.17) is 9.47 Å². The van der Waals surface area contributed by atoms with Crippen molar-refractivity contribution in [3.8, 4) is 11.5 Å². The standard InChI is InChI=1S/C15H12Br3FO2/c1-20-13-6-9(10(16)7-14(13)21-2)15(18)8-3-4-12(19)11(17)5-8/h3-7,15H,1-2H3. The highest BCUT2D eigenvalue weighted by atomic mass is 79.9. The van der Waals surface area contributed by atoms with Crippen LogP contribution < -0.4 is 9.47 Å². The van der Waals surface area contributed by atoms with Crippen LogP contribution in [0.1, 0.15) is 16.0 Å². The van der Waals surface area contributed by atoms with Gasteiger partial charge in [0.25, 0.3) is 0 Å². The molecule has 0 saturated carbocycles. The highest BCUT2D eigenvalue weighted by Gasteiger charge is 2.18. The van der Waals surface area contributed by atoms with E-state index in [9.17, 15) is 4.39 Å². The lowest BCUT2D eigenvalue weighted by atomic mass is 10.0. The Morgan fingerprint density at radius 3 is 2.14 bits per heavy atom. The minimum Gasteiger partial charge on any atom is -0.493 e. The van der Waals surface area contributed by atoms with Crippen LogP contribution in [-0.4, -0.2) is 14.2 Å². The molecule has 0 aliphatic carbocycles. The van der Waals surface area contributed by atoms with Gasteiger partial charge in [0, 0.05) is 4.47 Å². The first kappa shape index (κ1) is 16.8. The number of alkyl halides is 1. The second-order valence-electron chi connectivity index (χ2n) is 4.26. The van der Waals surface area contributed by atoms with Crippen LogP contribution in [0.15, 0.2) is 39.3 Å². The van der Waals surface area contributed by atoms with Crippen molar-refractivity contribution in [1.82, 2.24) is 0 Å². The Kier molecular flexibility index (Phi) is 5.68. The van der Waals surface area contributed by atoms with E-state index in [0.29, 0.717) is 16.0 Å². The van der Waals surface area contributed by atoms with Gasteiger partial charge in [0.1, 0.15) is 5.82 Å². The molecule has 0 radical (unpaired) electrons. The zero-order valence-electron chi connectivity index (χ0n) is 11.3. The summed E-state index contributed by atoms with van der Waals surface area (Å²) in [6, 6.07) is 8.66. The van der Waals surface area contributed by atoms with Crippen LogP contribution in [0.2, 0.25) is 0 Å². The minimum atomic E-state index is -0.287. The number of benzene rings is 2. The van der Waals surface area contributed by atoms with Gasteiger partial charge in [-0.2, -0.15) is 0 Å². The van der Waals surface area contributed by atoms with Crippen molar-refractivity contribution in [2.24, 2.45) is 0 Å². The number of ether oxygens (including phenoxy) is 2. The average Bonchev–Trinajstić information content (AvgIpc) is 2.49. The molecule has 0 bridgehead atoms. The predicted octanol–water partition coefficient (Wildman–Crippen LogP) is 5.85. The second kappa shape index (κ2) is 7.11. The summed E-state index contributed by atoms with van der Waals surface area (Å²) in [4.78, 5) is -0.108. The van der Waals surface area contributed by atoms with E-state index in [1.54, 1.807) is 26.4 Å². The molecule has 2 rings (SSSR count). The van der Waals surface area contributed by atoms with Gasteiger partial charge in [0.05, 0.1) is 23.5 Å². The highest BCUT2D eigenvalue weighted by molar-refractivity contribution is 9.11. The minimum absolute atomic E-state index is 0.108. The predicted molar refractivity (Wildman–Crippen MR) is 92.1 cm³/mol. The molecule has 6 heteroatoms. The summed E-state index contributed by atoms with van der Waals surface area (Å²) < 4.78 is 25.3. The Labute approximate surface area is 148 Å². The average molecular weight is 483 g/mol. The Morgan fingerprint density at radius 1 is 0.952 bits per heavy atom. The molecule has 1 unspecified atom stereocenters. The number of hydrogen-bond acceptors (Lipinski definition) is 2. The molecule has 0 aliphatic rings. The van der Waals surface area contributed by atoms with Gasteiger partial charge < -0.3 is 9.47 Å². The fourth-order valence-corrected chi connectivity index (χ4v) is 3.83. The van der Waals surface area contributed by atoms with Gasteiger partial charge in [-0.05, 0) is 51.3 Å². The van der Waals surface area contributed by atoms with E-state index in [1.807, 2.05) is 12.1 Å². The maximum Gasteiger partial charge on any atom is 0.161 e. The van der Waals surface area contributed by atoms with E-state index in [0.717, 1.165) is 15.6 Å². The van der Waals surface area contributed by atoms with Gasteiger partial charge in [-0.3, -0.25) is 0 Å². The third kappa shape index (κ3) is 3.60. The molecular formula is C15H12Br3FO2. The van der Waals surface area contributed by atoms with E-state index in [2.05, 4.69) is 47.8 Å². The van der Waals surface area contributed by atoms with Crippen molar-refractivity contribution in [2.75, 3.05) is 14.2 Å². The molecule has 0 heterocycles. The van der Waals surface area contributed by atoms with Crippen molar-refractivity contribution < 1.29 is 13.9 Å². The van der Waals surface area contributed by atoms with Crippen LogP contribution in [-0.2, 0) is 0 Å². The molecule has 0 spiro atoms. The van der Waals surface area contributed by atoms with Gasteiger partial charge in [-0.1, -0.05) is 37.9 Å². The molecule has 0 amide bonds. The smallest absolute Gasteiger partial charge is 0.161 e. The van der Waals surface area contributed by atoms with Gasteiger partial charge in [0.2, 0.25) is 0 Å². The van der Waals surface area contributed by atoms with Crippen LogP contribution >= 0.6 is 47.8 Å². The lowest BCUT2D eigenvalue weighted by molar-refractivity contribution is 0.354. The quantitative estimate of drug-likeness (QED) is 0.509. The number of methoxy groups -OCH3 is 2. The van der Waals surface area contributed by atoms with E-state index < -0.39 is 0 Å². The Balaban J connectivity index is 2.47. The summed E-state index contributed by atoms with van der Waals surface area (Å²) in [5, 5.41) is 0. The normalized spacial score (nSPS) is 12.1. The van der Waals surface area contributed by atoms with Crippen molar-refractivity contribution in [2.45, 2.75) is 4.83 Å². The topological polar surface area (TPSA) is 18.5 Å². The van der Waals surface area contributed by atoms with Crippen molar-refractivity contribution in [3.63, 3.8) is 0 Å². The van der Waals surface area contributed by atoms with Crippen molar-refractivity contribution >= 4 is 47.8 Å². The van der Waals surface area contributed by atoms with Gasteiger partial charge >= 0.3 is 0 Å². The molecule has 1 atom stereocenters. The maximum absolute atomic E-state index is 13.4. The highest BCUT2D eigenvalue weighted by Crippen LogP contribution is 2.42. The van der Waals surface area contributed by atoms with Crippen molar-refractivity contribution in [3.05, 3.63) is 56.2 Å². The van der Waals surface area contributed by atoms with E-state index >= 15 is 0 Å². The SMILES string of the molecule is COc1cc(Br)c(C(Br)c2ccc(F)c(Br)c2)cc1OC. The molecule has 0 fully saturated rings. The van der Waals surface area contributed by atoms with E-state index in [1.165, 1.54) is 6.07 Å². The lowest BCUT2D eigenvalue weighted by Crippen LogP contribution is -1.98. The number of rotatable bonds is 4. The zero-order valence-corrected chi connectivity index (χ0v) is 16.1. The molecule has 0 saturated heterocycles. The van der Waals surface area contributed by atoms with Crippen molar-refractivity contribution in [1.29, 1.82) is 0 Å². The lowest BCUT2D eigenvalue weighted by Gasteiger charge is -2.16. The van der Waals surface area contributed by atoms with Gasteiger partial charge in [-0.25, -0.2) is 4.39 Å². The first-order valence-corrected chi connectivity index (χ1v) is 8.48. The molecule has 112 valence electrons. The Hall–Kier alpha value is -0.590. The monoisotopic (exact) mass is 480 g/mol. The van der Waals surface area contributed by atoms with E-state index in [-0.39, 0.29) is 10.6 Å². The van der Waals surface area contributed by atoms with Crippen LogP contribution in [0, 0.1) is 5.82 Å². The first-order valence-electron chi connectivity index (χ1n) is 5.98. The number of hydrogen-bond donors (Lipinski definition) is 0. The molecule has 0 aromatic heterocycles. The fourth-order valence-electron chi connectivity index (χ4n) is 1.91. The zero-order chi connectivity index (χ0) is 15.6. The number of halogens is 4. The molecule has 2 aromatic rings. The summed E-state index contributed by atoms with van der Waals surface area (Å²) in [5.74, 6) is 0.999. The van der Waals surface area contributed by atoms with Gasteiger partial charge in [0.15, 0.2) is 11.5 Å². The van der Waals surface area contributed by atoms with Crippen LogP contribution in [0.5, 0.6) is 11.5 Å². The third-order valence-corrected chi connectivity index (χ3v) is 5.33. The van der Waals surface area contributed by atoms with Crippen LogP contribution in [0.4, 0.5) is 4.39 Å². The molecular weight excluding hydrogens is 471 g/mol. The summed E-state index contributed by atoms with van der Waals surface area (Å²) in [7, 11) is 3.18. The Bertz CT molecular complexity index is 662.